The Morgan fingerprint density at radius 2 is 1.83 bits per heavy atom. The zero-order valence-electron chi connectivity index (χ0n) is 21.6. The van der Waals surface area contributed by atoms with Crippen molar-refractivity contribution in [2.45, 2.75) is 77.4 Å². The number of aromatic nitrogens is 2. The van der Waals surface area contributed by atoms with Crippen molar-refractivity contribution in [2.75, 3.05) is 32.0 Å². The number of benzene rings is 1. The average molecular weight is 481 g/mol. The van der Waals surface area contributed by atoms with Crippen molar-refractivity contribution >= 4 is 11.5 Å². The minimum atomic E-state index is -0.525. The van der Waals surface area contributed by atoms with Crippen molar-refractivity contribution < 1.29 is 9.57 Å². The summed E-state index contributed by atoms with van der Waals surface area (Å²) < 4.78 is 6.38. The van der Waals surface area contributed by atoms with Gasteiger partial charge in [0.1, 0.15) is 24.5 Å². The number of nitrogens with two attached hydrogens (primary N) is 2. The first-order valence-electron chi connectivity index (χ1n) is 13.0. The molecule has 2 aromatic rings. The lowest BCUT2D eigenvalue weighted by Crippen LogP contribution is -2.36. The van der Waals surface area contributed by atoms with Crippen molar-refractivity contribution in [1.29, 1.82) is 0 Å². The first kappa shape index (κ1) is 25.4. The van der Waals surface area contributed by atoms with Crippen LogP contribution in [0.25, 0.3) is 11.3 Å². The second-order valence-corrected chi connectivity index (χ2v) is 10.1. The van der Waals surface area contributed by atoms with Gasteiger partial charge in [0.15, 0.2) is 0 Å². The largest absolute Gasteiger partial charge is 0.490 e. The van der Waals surface area contributed by atoms with Crippen molar-refractivity contribution in [2.24, 2.45) is 10.9 Å². The number of anilines is 1. The standard InChI is InChI=1S/C27H40N6O2/c1-5-33(6-2)14-7-15-34-32-25-22-16-20(35-19-10-8-18(28)9-11-19)12-13-21(22)24-23(27(25,3)4)26(29)31-17-30-24/h12-13,16-19H,5-11,14-15,28H2,1-4H3,(H2,29,30,31)/b32-25+. The molecule has 1 saturated carbocycles. The lowest BCUT2D eigenvalue weighted by molar-refractivity contribution is 0.129. The SMILES string of the molecule is CCN(CC)CCCO/N=C1\c2cc(OC3CCC(N)CC3)ccc2-c2ncnc(N)c2C1(C)C. The molecule has 2 aliphatic carbocycles. The van der Waals surface area contributed by atoms with E-state index in [4.69, 9.17) is 21.0 Å². The molecule has 2 aliphatic rings. The van der Waals surface area contributed by atoms with Gasteiger partial charge in [-0.15, -0.1) is 0 Å². The molecule has 35 heavy (non-hydrogen) atoms. The summed E-state index contributed by atoms with van der Waals surface area (Å²) in [7, 11) is 0. The fraction of sp³-hybridized carbons (Fsp3) is 0.593. The van der Waals surface area contributed by atoms with Gasteiger partial charge in [0.25, 0.3) is 0 Å². The van der Waals surface area contributed by atoms with Crippen LogP contribution in [0.1, 0.15) is 70.9 Å². The lowest BCUT2D eigenvalue weighted by Gasteiger charge is -2.35. The topological polar surface area (TPSA) is 112 Å². The Hall–Kier alpha value is -2.71. The number of hydrogen-bond acceptors (Lipinski definition) is 8. The molecule has 0 radical (unpaired) electrons. The highest BCUT2D eigenvalue weighted by molar-refractivity contribution is 6.15. The molecule has 0 saturated heterocycles. The van der Waals surface area contributed by atoms with Crippen LogP contribution in [-0.2, 0) is 10.3 Å². The van der Waals surface area contributed by atoms with Crippen LogP contribution < -0.4 is 16.2 Å². The molecule has 0 spiro atoms. The molecular formula is C27H40N6O2. The van der Waals surface area contributed by atoms with Crippen LogP contribution in [0.2, 0.25) is 0 Å². The third-order valence-electron chi connectivity index (χ3n) is 7.38. The highest BCUT2D eigenvalue weighted by Gasteiger charge is 2.41. The van der Waals surface area contributed by atoms with Gasteiger partial charge in [0, 0.05) is 34.7 Å². The maximum Gasteiger partial charge on any atom is 0.131 e. The number of oxime groups is 1. The molecule has 8 heteroatoms. The van der Waals surface area contributed by atoms with Crippen molar-refractivity contribution in [3.05, 3.63) is 35.7 Å². The van der Waals surface area contributed by atoms with Gasteiger partial charge in [0.05, 0.1) is 17.5 Å². The van der Waals surface area contributed by atoms with Crippen LogP contribution in [0.3, 0.4) is 0 Å². The Bertz CT molecular complexity index is 1040. The van der Waals surface area contributed by atoms with Crippen LogP contribution in [0.5, 0.6) is 5.75 Å². The summed E-state index contributed by atoms with van der Waals surface area (Å²) in [6, 6.07) is 6.43. The van der Waals surface area contributed by atoms with Gasteiger partial charge < -0.3 is 25.9 Å². The van der Waals surface area contributed by atoms with Crippen molar-refractivity contribution in [3.8, 4) is 17.0 Å². The van der Waals surface area contributed by atoms with E-state index in [-0.39, 0.29) is 6.10 Å². The normalized spacial score (nSPS) is 22.1. The predicted octanol–water partition coefficient (Wildman–Crippen LogP) is 4.12. The third kappa shape index (κ3) is 5.43. The molecule has 1 fully saturated rings. The Morgan fingerprint density at radius 1 is 1.09 bits per heavy atom. The number of ether oxygens (including phenoxy) is 1. The van der Waals surface area contributed by atoms with E-state index < -0.39 is 5.41 Å². The first-order valence-corrected chi connectivity index (χ1v) is 13.0. The van der Waals surface area contributed by atoms with Gasteiger partial charge in [-0.3, -0.25) is 0 Å². The van der Waals surface area contributed by atoms with Gasteiger partial charge in [-0.1, -0.05) is 19.0 Å². The van der Waals surface area contributed by atoms with Crippen LogP contribution >= 0.6 is 0 Å². The summed E-state index contributed by atoms with van der Waals surface area (Å²) >= 11 is 0. The molecular weight excluding hydrogens is 440 g/mol. The Balaban J connectivity index is 1.63. The van der Waals surface area contributed by atoms with Crippen LogP contribution in [0, 0.1) is 0 Å². The molecule has 8 nitrogen and oxygen atoms in total. The number of hydrogen-bond donors (Lipinski definition) is 2. The summed E-state index contributed by atoms with van der Waals surface area (Å²) in [5, 5.41) is 4.68. The van der Waals surface area contributed by atoms with Gasteiger partial charge >= 0.3 is 0 Å². The van der Waals surface area contributed by atoms with Gasteiger partial charge in [0.2, 0.25) is 0 Å². The third-order valence-corrected chi connectivity index (χ3v) is 7.38. The second kappa shape index (κ2) is 10.9. The highest BCUT2D eigenvalue weighted by atomic mass is 16.6. The molecule has 1 aromatic heterocycles. The summed E-state index contributed by atoms with van der Waals surface area (Å²) in [6.45, 7) is 12.2. The molecule has 0 bridgehead atoms. The summed E-state index contributed by atoms with van der Waals surface area (Å²) in [6.07, 6.45) is 6.59. The summed E-state index contributed by atoms with van der Waals surface area (Å²) in [5.74, 6) is 1.30. The summed E-state index contributed by atoms with van der Waals surface area (Å²) in [5.41, 5.74) is 16.4. The molecule has 190 valence electrons. The maximum atomic E-state index is 6.38. The quantitative estimate of drug-likeness (QED) is 0.410. The molecule has 0 amide bonds. The van der Waals surface area contributed by atoms with E-state index in [0.29, 0.717) is 18.5 Å². The van der Waals surface area contributed by atoms with Gasteiger partial charge in [-0.25, -0.2) is 9.97 Å². The smallest absolute Gasteiger partial charge is 0.131 e. The fourth-order valence-corrected chi connectivity index (χ4v) is 5.24. The van der Waals surface area contributed by atoms with Crippen LogP contribution in [-0.4, -0.2) is 59.0 Å². The predicted molar refractivity (Wildman–Crippen MR) is 141 cm³/mol. The summed E-state index contributed by atoms with van der Waals surface area (Å²) in [4.78, 5) is 17.1. The van der Waals surface area contributed by atoms with Gasteiger partial charge in [-0.2, -0.15) is 0 Å². The van der Waals surface area contributed by atoms with E-state index in [2.05, 4.69) is 59.9 Å². The number of nitrogen functional groups attached to an aromatic ring is 1. The van der Waals surface area contributed by atoms with E-state index in [0.717, 1.165) is 85.6 Å². The van der Waals surface area contributed by atoms with E-state index >= 15 is 0 Å². The van der Waals surface area contributed by atoms with E-state index in [1.54, 1.807) is 0 Å². The van der Waals surface area contributed by atoms with E-state index in [9.17, 15) is 0 Å². The molecule has 1 heterocycles. The number of rotatable bonds is 9. The molecule has 4 rings (SSSR count). The molecule has 0 unspecified atom stereocenters. The lowest BCUT2D eigenvalue weighted by atomic mass is 9.70. The minimum absolute atomic E-state index is 0.187. The molecule has 1 aromatic carbocycles. The average Bonchev–Trinajstić information content (AvgIpc) is 2.84. The Labute approximate surface area is 209 Å². The fourth-order valence-electron chi connectivity index (χ4n) is 5.24. The number of nitrogens with zero attached hydrogens (tertiary/aromatic N) is 4. The van der Waals surface area contributed by atoms with E-state index in [1.165, 1.54) is 6.33 Å². The Kier molecular flexibility index (Phi) is 7.91. The maximum absolute atomic E-state index is 6.38. The molecule has 0 aliphatic heterocycles. The zero-order chi connectivity index (χ0) is 25.0. The number of fused-ring (bicyclic) bond motifs is 3. The van der Waals surface area contributed by atoms with E-state index in [1.807, 2.05) is 6.07 Å². The monoisotopic (exact) mass is 480 g/mol. The van der Waals surface area contributed by atoms with Crippen LogP contribution in [0.4, 0.5) is 5.82 Å². The van der Waals surface area contributed by atoms with Crippen LogP contribution in [0.15, 0.2) is 29.7 Å². The highest BCUT2D eigenvalue weighted by Crippen LogP contribution is 2.45. The first-order chi connectivity index (χ1) is 16.8. The molecule has 0 atom stereocenters. The Morgan fingerprint density at radius 3 is 2.54 bits per heavy atom. The molecule has 4 N–H and O–H groups in total. The zero-order valence-corrected chi connectivity index (χ0v) is 21.6. The second-order valence-electron chi connectivity index (χ2n) is 10.1. The van der Waals surface area contributed by atoms with Crippen molar-refractivity contribution in [1.82, 2.24) is 14.9 Å². The van der Waals surface area contributed by atoms with Gasteiger partial charge in [-0.05, 0) is 77.2 Å². The minimum Gasteiger partial charge on any atom is -0.490 e. The van der Waals surface area contributed by atoms with Crippen molar-refractivity contribution in [3.63, 3.8) is 0 Å².